The number of hydrogen-bond acceptors (Lipinski definition) is 6. The van der Waals surface area contributed by atoms with Crippen molar-refractivity contribution >= 4 is 28.9 Å². The Morgan fingerprint density at radius 2 is 2.04 bits per heavy atom. The number of nitrogens with zero attached hydrogens (tertiary/aromatic N) is 4. The zero-order chi connectivity index (χ0) is 18.3. The monoisotopic (exact) mass is 369 g/mol. The van der Waals surface area contributed by atoms with Gasteiger partial charge < -0.3 is 14.5 Å². The predicted octanol–water partition coefficient (Wildman–Crippen LogP) is 4.41. The highest BCUT2D eigenvalue weighted by atomic mass is 35.5. The molecule has 132 valence electrons. The van der Waals surface area contributed by atoms with Gasteiger partial charge in [-0.3, -0.25) is 0 Å². The van der Waals surface area contributed by atoms with Crippen LogP contribution in [0.25, 0.3) is 17.4 Å². The summed E-state index contributed by atoms with van der Waals surface area (Å²) in [6.45, 7) is 3.83. The number of halogens is 1. The van der Waals surface area contributed by atoms with Crippen LogP contribution in [0.15, 0.2) is 41.0 Å². The molecule has 26 heavy (non-hydrogen) atoms. The van der Waals surface area contributed by atoms with Crippen molar-refractivity contribution in [2.45, 2.75) is 13.8 Å². The Morgan fingerprint density at radius 1 is 1.19 bits per heavy atom. The van der Waals surface area contributed by atoms with Crippen LogP contribution in [0.5, 0.6) is 5.75 Å². The van der Waals surface area contributed by atoms with Gasteiger partial charge in [0.2, 0.25) is 5.82 Å². The van der Waals surface area contributed by atoms with Crippen LogP contribution in [0.1, 0.15) is 11.3 Å². The van der Waals surface area contributed by atoms with Crippen LogP contribution >= 0.6 is 11.6 Å². The van der Waals surface area contributed by atoms with Crippen LogP contribution in [0, 0.1) is 13.8 Å². The third-order valence-corrected chi connectivity index (χ3v) is 4.33. The molecule has 1 N–H and O–H groups in total. The number of rotatable bonds is 4. The quantitative estimate of drug-likeness (QED) is 0.574. The lowest BCUT2D eigenvalue weighted by Crippen LogP contribution is -2.04. The fourth-order valence-corrected chi connectivity index (χ4v) is 2.81. The fraction of sp³-hybridized carbons (Fsp3) is 0.167. The summed E-state index contributed by atoms with van der Waals surface area (Å²) in [6.07, 6.45) is 1.58. The van der Waals surface area contributed by atoms with E-state index in [4.69, 9.17) is 20.8 Å². The molecular formula is C18H16ClN5O2. The summed E-state index contributed by atoms with van der Waals surface area (Å²) in [6, 6.07) is 9.19. The molecule has 0 spiro atoms. The van der Waals surface area contributed by atoms with E-state index >= 15 is 0 Å². The standard InChI is InChI=1S/C18H16ClN5O2/c1-10-7-13(15(25-3)9-12(10)19)21-16-8-11(2)20-18-22-17(23-24(16)18)14-5-4-6-26-14/h4-9,21H,1-3H3. The molecule has 0 radical (unpaired) electrons. The number of furan rings is 1. The molecule has 4 rings (SSSR count). The van der Waals surface area contributed by atoms with E-state index in [0.29, 0.717) is 34.0 Å². The fourth-order valence-electron chi connectivity index (χ4n) is 2.65. The number of aromatic nitrogens is 4. The molecule has 0 amide bonds. The predicted molar refractivity (Wildman–Crippen MR) is 99.2 cm³/mol. The summed E-state index contributed by atoms with van der Waals surface area (Å²) in [5.74, 6) is 2.87. The van der Waals surface area contributed by atoms with Gasteiger partial charge in [0.15, 0.2) is 5.76 Å². The maximum absolute atomic E-state index is 6.19. The molecule has 7 nitrogen and oxygen atoms in total. The van der Waals surface area contributed by atoms with Crippen LogP contribution in [0.3, 0.4) is 0 Å². The van der Waals surface area contributed by atoms with Crippen LogP contribution in [0.2, 0.25) is 5.02 Å². The van der Waals surface area contributed by atoms with E-state index in [2.05, 4.69) is 20.4 Å². The maximum atomic E-state index is 6.19. The molecule has 0 aliphatic carbocycles. The Balaban J connectivity index is 1.83. The first-order chi connectivity index (χ1) is 12.5. The molecule has 0 aliphatic rings. The Hall–Kier alpha value is -3.06. The molecule has 0 fully saturated rings. The number of aryl methyl sites for hydroxylation is 2. The van der Waals surface area contributed by atoms with E-state index in [0.717, 1.165) is 16.9 Å². The van der Waals surface area contributed by atoms with Crippen molar-refractivity contribution in [3.63, 3.8) is 0 Å². The zero-order valence-electron chi connectivity index (χ0n) is 14.4. The highest BCUT2D eigenvalue weighted by Crippen LogP contribution is 2.33. The Kier molecular flexibility index (Phi) is 4.00. The van der Waals surface area contributed by atoms with Gasteiger partial charge in [0.25, 0.3) is 5.78 Å². The van der Waals surface area contributed by atoms with Crippen LogP contribution in [0.4, 0.5) is 11.5 Å². The number of hydrogen-bond donors (Lipinski definition) is 1. The van der Waals surface area contributed by atoms with Gasteiger partial charge in [0.1, 0.15) is 11.6 Å². The summed E-state index contributed by atoms with van der Waals surface area (Å²) in [5, 5.41) is 8.49. The molecule has 1 aromatic carbocycles. The van der Waals surface area contributed by atoms with Crippen molar-refractivity contribution in [3.8, 4) is 17.3 Å². The molecule has 0 saturated carbocycles. The van der Waals surface area contributed by atoms with Gasteiger partial charge >= 0.3 is 0 Å². The second kappa shape index (κ2) is 6.34. The van der Waals surface area contributed by atoms with Gasteiger partial charge in [0.05, 0.1) is 19.1 Å². The molecule has 0 saturated heterocycles. The highest BCUT2D eigenvalue weighted by molar-refractivity contribution is 6.31. The number of nitrogens with one attached hydrogen (secondary N) is 1. The van der Waals surface area contributed by atoms with E-state index in [9.17, 15) is 0 Å². The molecule has 4 aromatic rings. The first-order valence-corrected chi connectivity index (χ1v) is 8.32. The smallest absolute Gasteiger partial charge is 0.255 e. The summed E-state index contributed by atoms with van der Waals surface area (Å²) in [5.41, 5.74) is 2.52. The van der Waals surface area contributed by atoms with E-state index < -0.39 is 0 Å². The van der Waals surface area contributed by atoms with Gasteiger partial charge in [-0.15, -0.1) is 5.10 Å². The van der Waals surface area contributed by atoms with Gasteiger partial charge in [-0.05, 0) is 37.6 Å². The largest absolute Gasteiger partial charge is 0.495 e. The van der Waals surface area contributed by atoms with Crippen molar-refractivity contribution in [1.82, 2.24) is 19.6 Å². The van der Waals surface area contributed by atoms with Crippen molar-refractivity contribution in [2.75, 3.05) is 12.4 Å². The molecule has 8 heteroatoms. The van der Waals surface area contributed by atoms with Gasteiger partial charge in [0, 0.05) is 22.8 Å². The SMILES string of the molecule is COc1cc(Cl)c(C)cc1Nc1cc(C)nc2nc(-c3ccco3)nn12. The minimum absolute atomic E-state index is 0.468. The first kappa shape index (κ1) is 16.4. The third kappa shape index (κ3) is 2.86. The second-order valence-electron chi connectivity index (χ2n) is 5.83. The average molecular weight is 370 g/mol. The molecule has 0 atom stereocenters. The maximum Gasteiger partial charge on any atom is 0.255 e. The lowest BCUT2D eigenvalue weighted by Gasteiger charge is -2.14. The van der Waals surface area contributed by atoms with Crippen molar-refractivity contribution in [1.29, 1.82) is 0 Å². The Bertz CT molecular complexity index is 1090. The molecule has 3 heterocycles. The summed E-state index contributed by atoms with van der Waals surface area (Å²) in [7, 11) is 1.60. The van der Waals surface area contributed by atoms with E-state index in [-0.39, 0.29) is 0 Å². The minimum Gasteiger partial charge on any atom is -0.495 e. The van der Waals surface area contributed by atoms with Crippen molar-refractivity contribution < 1.29 is 9.15 Å². The van der Waals surface area contributed by atoms with Crippen molar-refractivity contribution in [2.24, 2.45) is 0 Å². The number of ether oxygens (including phenoxy) is 1. The van der Waals surface area contributed by atoms with E-state index in [1.165, 1.54) is 0 Å². The topological polar surface area (TPSA) is 77.5 Å². The molecule has 0 bridgehead atoms. The minimum atomic E-state index is 0.468. The molecule has 0 unspecified atom stereocenters. The molecular weight excluding hydrogens is 354 g/mol. The Labute approximate surface area is 154 Å². The van der Waals surface area contributed by atoms with Gasteiger partial charge in [-0.2, -0.15) is 9.50 Å². The van der Waals surface area contributed by atoms with Crippen LogP contribution < -0.4 is 10.1 Å². The van der Waals surface area contributed by atoms with Gasteiger partial charge in [-0.1, -0.05) is 11.6 Å². The summed E-state index contributed by atoms with van der Waals surface area (Å²) < 4.78 is 12.5. The average Bonchev–Trinajstić information content (AvgIpc) is 3.26. The highest BCUT2D eigenvalue weighted by Gasteiger charge is 2.15. The van der Waals surface area contributed by atoms with Gasteiger partial charge in [-0.25, -0.2) is 4.98 Å². The van der Waals surface area contributed by atoms with Crippen molar-refractivity contribution in [3.05, 3.63) is 52.9 Å². The normalized spacial score (nSPS) is 11.1. The number of methoxy groups -OCH3 is 1. The third-order valence-electron chi connectivity index (χ3n) is 3.93. The molecule has 3 aromatic heterocycles. The van der Waals surface area contributed by atoms with Crippen LogP contribution in [-0.2, 0) is 0 Å². The number of anilines is 2. The Morgan fingerprint density at radius 3 is 2.77 bits per heavy atom. The van der Waals surface area contributed by atoms with E-state index in [1.54, 1.807) is 36.1 Å². The summed E-state index contributed by atoms with van der Waals surface area (Å²) in [4.78, 5) is 8.89. The second-order valence-corrected chi connectivity index (χ2v) is 6.24. The lowest BCUT2D eigenvalue weighted by atomic mass is 10.2. The summed E-state index contributed by atoms with van der Waals surface area (Å²) >= 11 is 6.19. The number of fused-ring (bicyclic) bond motifs is 1. The lowest BCUT2D eigenvalue weighted by molar-refractivity contribution is 0.416. The molecule has 0 aliphatic heterocycles. The first-order valence-electron chi connectivity index (χ1n) is 7.94. The zero-order valence-corrected chi connectivity index (χ0v) is 15.2. The number of benzene rings is 1. The van der Waals surface area contributed by atoms with E-state index in [1.807, 2.05) is 26.0 Å². The van der Waals surface area contributed by atoms with Crippen LogP contribution in [-0.4, -0.2) is 26.7 Å².